The van der Waals surface area contributed by atoms with Gasteiger partial charge in [-0.25, -0.2) is 14.6 Å². The van der Waals surface area contributed by atoms with Crippen molar-refractivity contribution in [3.8, 4) is 0 Å². The maximum atomic E-state index is 11.9. The van der Waals surface area contributed by atoms with Gasteiger partial charge in [-0.2, -0.15) is 0 Å². The summed E-state index contributed by atoms with van der Waals surface area (Å²) in [6, 6.07) is 10.8. The first-order chi connectivity index (χ1) is 13.7. The average molecular weight is 379 g/mol. The Morgan fingerprint density at radius 2 is 2.00 bits per heavy atom. The first-order valence-corrected chi connectivity index (χ1v) is 8.87. The van der Waals surface area contributed by atoms with E-state index >= 15 is 0 Å². The number of rotatable bonds is 6. The molecule has 0 spiro atoms. The number of ether oxygens (including phenoxy) is 1. The fourth-order valence-corrected chi connectivity index (χ4v) is 2.63. The quantitative estimate of drug-likeness (QED) is 0.610. The molecule has 0 fully saturated rings. The maximum Gasteiger partial charge on any atom is 0.407 e. The number of carbonyl (C=O) groups is 2. The fraction of sp³-hybridized carbons (Fsp3) is 0.200. The van der Waals surface area contributed by atoms with Gasteiger partial charge < -0.3 is 15.4 Å². The van der Waals surface area contributed by atoms with Crippen molar-refractivity contribution >= 4 is 28.7 Å². The Labute approximate surface area is 162 Å². The van der Waals surface area contributed by atoms with Gasteiger partial charge in [-0.3, -0.25) is 10.3 Å². The van der Waals surface area contributed by atoms with Crippen LogP contribution in [0.3, 0.4) is 0 Å². The van der Waals surface area contributed by atoms with Gasteiger partial charge in [-0.15, -0.1) is 0 Å². The molecule has 0 saturated heterocycles. The van der Waals surface area contributed by atoms with E-state index < -0.39 is 6.09 Å². The van der Waals surface area contributed by atoms with Crippen LogP contribution in [-0.4, -0.2) is 28.6 Å². The summed E-state index contributed by atoms with van der Waals surface area (Å²) in [5, 5.41) is 9.86. The number of anilines is 1. The van der Waals surface area contributed by atoms with Gasteiger partial charge in [-0.05, 0) is 30.0 Å². The summed E-state index contributed by atoms with van der Waals surface area (Å²) < 4.78 is 5.19. The number of hydrogen-bond acceptors (Lipinski definition) is 5. The third-order valence-electron chi connectivity index (χ3n) is 3.95. The van der Waals surface area contributed by atoms with Crippen molar-refractivity contribution < 1.29 is 14.3 Å². The van der Waals surface area contributed by atoms with Crippen LogP contribution >= 0.6 is 0 Å². The molecule has 2 aromatic heterocycles. The summed E-state index contributed by atoms with van der Waals surface area (Å²) in [5.41, 5.74) is 1.71. The molecule has 8 nitrogen and oxygen atoms in total. The van der Waals surface area contributed by atoms with Crippen molar-refractivity contribution in [1.29, 1.82) is 0 Å². The van der Waals surface area contributed by atoms with E-state index in [-0.39, 0.29) is 12.6 Å². The molecule has 3 rings (SSSR count). The van der Waals surface area contributed by atoms with Crippen LogP contribution in [-0.2, 0) is 17.9 Å². The molecule has 2 heterocycles. The maximum absolute atomic E-state index is 11.9. The van der Waals surface area contributed by atoms with Crippen molar-refractivity contribution in [1.82, 2.24) is 20.6 Å². The standard InChI is InChI=1S/C20H21N5O3/c1-2-22-19(26)25-18-9-15-6-3-7-16(17(15)12-23-18)11-24-20(27)28-13-14-5-4-8-21-10-14/h3-10,12H,2,11,13H2,1H3,(H,24,27)(H2,22,23,25,26). The van der Waals surface area contributed by atoms with Gasteiger partial charge in [0.2, 0.25) is 0 Å². The Bertz CT molecular complexity index is 962. The van der Waals surface area contributed by atoms with Crippen LogP contribution in [0.5, 0.6) is 0 Å². The molecule has 0 unspecified atom stereocenters. The van der Waals surface area contributed by atoms with Crippen LogP contribution in [0, 0.1) is 0 Å². The number of pyridine rings is 2. The first kappa shape index (κ1) is 19.1. The van der Waals surface area contributed by atoms with Crippen LogP contribution in [0.1, 0.15) is 18.1 Å². The van der Waals surface area contributed by atoms with Crippen LogP contribution < -0.4 is 16.0 Å². The van der Waals surface area contributed by atoms with E-state index in [1.165, 1.54) is 0 Å². The van der Waals surface area contributed by atoms with E-state index in [4.69, 9.17) is 4.74 Å². The Hall–Kier alpha value is -3.68. The van der Waals surface area contributed by atoms with E-state index in [0.717, 1.165) is 21.9 Å². The van der Waals surface area contributed by atoms with Gasteiger partial charge in [0.05, 0.1) is 0 Å². The summed E-state index contributed by atoms with van der Waals surface area (Å²) in [4.78, 5) is 31.8. The molecular formula is C20H21N5O3. The van der Waals surface area contributed by atoms with Gasteiger partial charge in [-0.1, -0.05) is 24.3 Å². The van der Waals surface area contributed by atoms with E-state index in [9.17, 15) is 9.59 Å². The van der Waals surface area contributed by atoms with Crippen LogP contribution in [0.2, 0.25) is 0 Å². The Morgan fingerprint density at radius 1 is 1.11 bits per heavy atom. The van der Waals surface area contributed by atoms with Crippen LogP contribution in [0.4, 0.5) is 15.4 Å². The van der Waals surface area contributed by atoms with E-state index in [2.05, 4.69) is 25.9 Å². The van der Waals surface area contributed by atoms with Gasteiger partial charge in [0.15, 0.2) is 0 Å². The fourth-order valence-electron chi connectivity index (χ4n) is 2.63. The number of aromatic nitrogens is 2. The summed E-state index contributed by atoms with van der Waals surface area (Å²) in [5.74, 6) is 0.458. The molecule has 0 radical (unpaired) electrons. The number of hydrogen-bond donors (Lipinski definition) is 3. The molecule has 0 bridgehead atoms. The van der Waals surface area contributed by atoms with Crippen LogP contribution in [0.15, 0.2) is 55.0 Å². The van der Waals surface area contributed by atoms with Crippen molar-refractivity contribution in [3.63, 3.8) is 0 Å². The summed E-state index contributed by atoms with van der Waals surface area (Å²) >= 11 is 0. The molecule has 8 heteroatoms. The minimum atomic E-state index is -0.511. The van der Waals surface area contributed by atoms with Gasteiger partial charge in [0.25, 0.3) is 0 Å². The lowest BCUT2D eigenvalue weighted by atomic mass is 10.1. The lowest BCUT2D eigenvalue weighted by Crippen LogP contribution is -2.28. The highest BCUT2D eigenvalue weighted by Crippen LogP contribution is 2.20. The summed E-state index contributed by atoms with van der Waals surface area (Å²) in [6.45, 7) is 2.83. The highest BCUT2D eigenvalue weighted by atomic mass is 16.5. The molecule has 1 aromatic carbocycles. The molecule has 28 heavy (non-hydrogen) atoms. The van der Waals surface area contributed by atoms with Crippen molar-refractivity contribution in [3.05, 3.63) is 66.1 Å². The normalized spacial score (nSPS) is 10.3. The zero-order valence-corrected chi connectivity index (χ0v) is 15.4. The highest BCUT2D eigenvalue weighted by molar-refractivity contribution is 5.92. The molecular weight excluding hydrogens is 358 g/mol. The largest absolute Gasteiger partial charge is 0.445 e. The zero-order chi connectivity index (χ0) is 19.8. The molecule has 3 aromatic rings. The van der Waals surface area contributed by atoms with E-state index in [0.29, 0.717) is 18.9 Å². The number of carbonyl (C=O) groups excluding carboxylic acids is 2. The van der Waals surface area contributed by atoms with E-state index in [1.54, 1.807) is 30.7 Å². The number of fused-ring (bicyclic) bond motifs is 1. The topological polar surface area (TPSA) is 105 Å². The molecule has 0 aliphatic rings. The second kappa shape index (κ2) is 9.31. The third kappa shape index (κ3) is 5.16. The highest BCUT2D eigenvalue weighted by Gasteiger charge is 2.08. The molecule has 3 N–H and O–H groups in total. The smallest absolute Gasteiger partial charge is 0.407 e. The summed E-state index contributed by atoms with van der Waals surface area (Å²) in [6.07, 6.45) is 4.48. The molecule has 144 valence electrons. The Morgan fingerprint density at radius 3 is 2.79 bits per heavy atom. The number of nitrogens with zero attached hydrogens (tertiary/aromatic N) is 2. The third-order valence-corrected chi connectivity index (χ3v) is 3.95. The second-order valence-corrected chi connectivity index (χ2v) is 5.98. The molecule has 0 aliphatic heterocycles. The number of amides is 3. The van der Waals surface area contributed by atoms with Crippen LogP contribution in [0.25, 0.3) is 10.8 Å². The van der Waals surface area contributed by atoms with E-state index in [1.807, 2.05) is 31.2 Å². The predicted molar refractivity (Wildman–Crippen MR) is 106 cm³/mol. The van der Waals surface area contributed by atoms with Gasteiger partial charge >= 0.3 is 12.1 Å². The predicted octanol–water partition coefficient (Wildman–Crippen LogP) is 3.20. The molecule has 0 atom stereocenters. The molecule has 0 aliphatic carbocycles. The Kier molecular flexibility index (Phi) is 6.35. The minimum Gasteiger partial charge on any atom is -0.445 e. The van der Waals surface area contributed by atoms with Gasteiger partial charge in [0.1, 0.15) is 12.4 Å². The SMILES string of the molecule is CCNC(=O)Nc1cc2cccc(CNC(=O)OCc3cccnc3)c2cn1. The molecule has 3 amide bonds. The second-order valence-electron chi connectivity index (χ2n) is 5.98. The average Bonchev–Trinajstić information content (AvgIpc) is 2.71. The zero-order valence-electron chi connectivity index (χ0n) is 15.4. The van der Waals surface area contributed by atoms with Crippen molar-refractivity contribution in [2.75, 3.05) is 11.9 Å². The lowest BCUT2D eigenvalue weighted by Gasteiger charge is -2.10. The lowest BCUT2D eigenvalue weighted by molar-refractivity contribution is 0.139. The first-order valence-electron chi connectivity index (χ1n) is 8.87. The molecule has 0 saturated carbocycles. The summed E-state index contributed by atoms with van der Waals surface area (Å²) in [7, 11) is 0. The number of urea groups is 1. The van der Waals surface area contributed by atoms with Crippen molar-refractivity contribution in [2.24, 2.45) is 0 Å². The van der Waals surface area contributed by atoms with Gasteiger partial charge in [0, 0.05) is 42.6 Å². The monoisotopic (exact) mass is 379 g/mol. The number of nitrogens with one attached hydrogen (secondary N) is 3. The number of alkyl carbamates (subject to hydrolysis) is 1. The number of benzene rings is 1. The van der Waals surface area contributed by atoms with Crippen molar-refractivity contribution in [2.45, 2.75) is 20.1 Å². The Balaban J connectivity index is 1.61. The minimum absolute atomic E-state index is 0.158.